The molecular formula is C17H12N4O3. The zero-order chi connectivity index (χ0) is 16.5. The van der Waals surface area contributed by atoms with Crippen LogP contribution in [-0.2, 0) is 0 Å². The average molecular weight is 320 g/mol. The van der Waals surface area contributed by atoms with Crippen LogP contribution in [0.25, 0.3) is 21.9 Å². The van der Waals surface area contributed by atoms with Crippen molar-refractivity contribution in [2.75, 3.05) is 7.11 Å². The Kier molecular flexibility index (Phi) is 3.31. The molecule has 0 bridgehead atoms. The molecule has 7 heteroatoms. The van der Waals surface area contributed by atoms with Crippen LogP contribution in [0.1, 0.15) is 10.4 Å². The maximum absolute atomic E-state index is 12.7. The van der Waals surface area contributed by atoms with E-state index in [2.05, 4.69) is 15.3 Å². The third kappa shape index (κ3) is 2.23. The van der Waals surface area contributed by atoms with Crippen molar-refractivity contribution in [3.8, 4) is 5.75 Å². The van der Waals surface area contributed by atoms with Gasteiger partial charge in [-0.25, -0.2) is 9.78 Å². The molecule has 0 fully saturated rings. The van der Waals surface area contributed by atoms with E-state index >= 15 is 0 Å². The number of carbonyl (C=O) groups is 1. The molecule has 0 spiro atoms. The molecule has 2 heterocycles. The molecule has 4 aromatic rings. The van der Waals surface area contributed by atoms with Gasteiger partial charge < -0.3 is 9.57 Å². The molecule has 0 radical (unpaired) electrons. The fourth-order valence-electron chi connectivity index (χ4n) is 2.56. The third-order valence-electron chi connectivity index (χ3n) is 3.67. The number of carbonyl (C=O) groups excluding carboxylic acids is 1. The van der Waals surface area contributed by atoms with Crippen molar-refractivity contribution >= 4 is 27.9 Å². The van der Waals surface area contributed by atoms with E-state index in [-0.39, 0.29) is 0 Å². The number of methoxy groups -OCH3 is 1. The Labute approximate surface area is 136 Å². The molecule has 0 unspecified atom stereocenters. The lowest BCUT2D eigenvalue weighted by Crippen LogP contribution is -2.22. The summed E-state index contributed by atoms with van der Waals surface area (Å²) in [4.78, 5) is 23.2. The Morgan fingerprint density at radius 3 is 2.83 bits per heavy atom. The molecule has 0 aliphatic carbocycles. The molecule has 0 saturated heterocycles. The molecule has 24 heavy (non-hydrogen) atoms. The van der Waals surface area contributed by atoms with Crippen LogP contribution in [0.3, 0.4) is 0 Å². The second kappa shape index (κ2) is 5.62. The Balaban J connectivity index is 1.81. The first kappa shape index (κ1) is 14.1. The van der Waals surface area contributed by atoms with Crippen molar-refractivity contribution in [3.63, 3.8) is 0 Å². The van der Waals surface area contributed by atoms with E-state index in [0.717, 1.165) is 15.6 Å². The predicted molar refractivity (Wildman–Crippen MR) is 86.7 cm³/mol. The predicted octanol–water partition coefficient (Wildman–Crippen LogP) is 2.26. The maximum Gasteiger partial charge on any atom is 0.370 e. The molecule has 0 N–H and O–H groups in total. The fraction of sp³-hybridized carbons (Fsp3) is 0.0588. The maximum atomic E-state index is 12.7. The minimum Gasteiger partial charge on any atom is -0.496 e. The molecule has 0 aliphatic heterocycles. The zero-order valence-electron chi connectivity index (χ0n) is 12.7. The van der Waals surface area contributed by atoms with Gasteiger partial charge in [-0.05, 0) is 33.6 Å². The highest BCUT2D eigenvalue weighted by Gasteiger charge is 2.20. The van der Waals surface area contributed by atoms with E-state index < -0.39 is 5.97 Å². The Bertz CT molecular complexity index is 1060. The van der Waals surface area contributed by atoms with Gasteiger partial charge in [-0.3, -0.25) is 0 Å². The van der Waals surface area contributed by atoms with Gasteiger partial charge in [0.25, 0.3) is 0 Å². The van der Waals surface area contributed by atoms with Gasteiger partial charge in [0.1, 0.15) is 16.8 Å². The minimum atomic E-state index is -0.596. The summed E-state index contributed by atoms with van der Waals surface area (Å²) in [7, 11) is 1.51. The lowest BCUT2D eigenvalue weighted by Gasteiger charge is -2.10. The Morgan fingerprint density at radius 2 is 1.96 bits per heavy atom. The number of pyridine rings is 1. The number of fused-ring (bicyclic) bond motifs is 2. The molecule has 2 aromatic heterocycles. The summed E-state index contributed by atoms with van der Waals surface area (Å²) in [5.41, 5.74) is 1.23. The number of ether oxygens (including phenoxy) is 1. The first-order valence-electron chi connectivity index (χ1n) is 7.23. The van der Waals surface area contributed by atoms with E-state index in [1.165, 1.54) is 7.11 Å². The lowest BCUT2D eigenvalue weighted by molar-refractivity contribution is 0.0404. The Hall–Kier alpha value is -3.48. The highest BCUT2D eigenvalue weighted by atomic mass is 16.7. The quantitative estimate of drug-likeness (QED) is 0.539. The van der Waals surface area contributed by atoms with Crippen LogP contribution in [-0.4, -0.2) is 33.2 Å². The van der Waals surface area contributed by atoms with Crippen LogP contribution in [0.5, 0.6) is 5.75 Å². The molecule has 7 nitrogen and oxygen atoms in total. The number of aromatic nitrogens is 4. The molecule has 2 aromatic carbocycles. The number of nitrogens with zero attached hydrogens (tertiary/aromatic N) is 4. The van der Waals surface area contributed by atoms with Crippen LogP contribution in [0, 0.1) is 0 Å². The van der Waals surface area contributed by atoms with E-state index in [1.54, 1.807) is 24.4 Å². The van der Waals surface area contributed by atoms with Gasteiger partial charge in [-0.2, -0.15) is 0 Å². The highest BCUT2D eigenvalue weighted by Crippen LogP contribution is 2.28. The number of benzene rings is 2. The summed E-state index contributed by atoms with van der Waals surface area (Å²) in [6, 6.07) is 14.6. The van der Waals surface area contributed by atoms with Crippen molar-refractivity contribution in [1.29, 1.82) is 0 Å². The van der Waals surface area contributed by atoms with Crippen LogP contribution in [0.15, 0.2) is 54.7 Å². The minimum absolute atomic E-state index is 0.329. The van der Waals surface area contributed by atoms with Gasteiger partial charge >= 0.3 is 5.97 Å². The van der Waals surface area contributed by atoms with Crippen LogP contribution >= 0.6 is 0 Å². The topological polar surface area (TPSA) is 79.1 Å². The summed E-state index contributed by atoms with van der Waals surface area (Å²) in [5, 5.41) is 9.37. The van der Waals surface area contributed by atoms with Crippen molar-refractivity contribution in [1.82, 2.24) is 20.1 Å². The van der Waals surface area contributed by atoms with Crippen LogP contribution in [0.4, 0.5) is 0 Å². The van der Waals surface area contributed by atoms with Gasteiger partial charge in [0.05, 0.1) is 7.11 Å². The molecular weight excluding hydrogens is 308 g/mol. The molecule has 0 atom stereocenters. The fourth-order valence-corrected chi connectivity index (χ4v) is 2.56. The van der Waals surface area contributed by atoms with Gasteiger partial charge in [0, 0.05) is 11.6 Å². The van der Waals surface area contributed by atoms with Gasteiger partial charge in [0.15, 0.2) is 0 Å². The largest absolute Gasteiger partial charge is 0.496 e. The van der Waals surface area contributed by atoms with Crippen molar-refractivity contribution in [2.24, 2.45) is 0 Å². The van der Waals surface area contributed by atoms with E-state index in [4.69, 9.17) is 9.57 Å². The second-order valence-electron chi connectivity index (χ2n) is 5.05. The number of rotatable bonds is 3. The van der Waals surface area contributed by atoms with Crippen LogP contribution < -0.4 is 9.57 Å². The average Bonchev–Trinajstić information content (AvgIpc) is 3.03. The van der Waals surface area contributed by atoms with E-state index in [9.17, 15) is 4.79 Å². The van der Waals surface area contributed by atoms with Crippen molar-refractivity contribution < 1.29 is 14.4 Å². The number of hydrogen-bond acceptors (Lipinski definition) is 6. The first-order valence-corrected chi connectivity index (χ1v) is 7.23. The summed E-state index contributed by atoms with van der Waals surface area (Å²) in [6.07, 6.45) is 1.58. The monoisotopic (exact) mass is 320 g/mol. The third-order valence-corrected chi connectivity index (χ3v) is 3.67. The molecule has 118 valence electrons. The van der Waals surface area contributed by atoms with Crippen LogP contribution in [0.2, 0.25) is 0 Å². The number of hydrogen-bond donors (Lipinski definition) is 0. The normalized spacial score (nSPS) is 10.9. The highest BCUT2D eigenvalue weighted by molar-refractivity contribution is 6.07. The van der Waals surface area contributed by atoms with Gasteiger partial charge in [-0.15, -0.1) is 5.10 Å². The SMILES string of the molecule is COc1ccc2ccccc2c1C(=O)On1nnc2cccnc21. The Morgan fingerprint density at radius 1 is 1.08 bits per heavy atom. The molecule has 0 aliphatic rings. The first-order chi connectivity index (χ1) is 11.8. The van der Waals surface area contributed by atoms with Gasteiger partial charge in [-0.1, -0.05) is 30.3 Å². The molecule has 4 rings (SSSR count). The summed E-state index contributed by atoms with van der Waals surface area (Å²) in [5.74, 6) is -0.169. The van der Waals surface area contributed by atoms with Crippen molar-refractivity contribution in [2.45, 2.75) is 0 Å². The summed E-state index contributed by atoms with van der Waals surface area (Å²) >= 11 is 0. The zero-order valence-corrected chi connectivity index (χ0v) is 12.7. The van der Waals surface area contributed by atoms with Gasteiger partial charge in [0.2, 0.25) is 5.65 Å². The smallest absolute Gasteiger partial charge is 0.370 e. The van der Waals surface area contributed by atoms with Crippen molar-refractivity contribution in [3.05, 3.63) is 60.3 Å². The standard InChI is InChI=1S/C17H12N4O3/c1-23-14-9-8-11-5-2-3-6-12(11)15(14)17(22)24-21-16-13(19-20-21)7-4-10-18-16/h2-10H,1H3. The lowest BCUT2D eigenvalue weighted by atomic mass is 10.0. The van der Waals surface area contributed by atoms with E-state index in [1.807, 2.05) is 30.3 Å². The molecule has 0 saturated carbocycles. The second-order valence-corrected chi connectivity index (χ2v) is 5.05. The summed E-state index contributed by atoms with van der Waals surface area (Å²) < 4.78 is 5.32. The molecule has 0 amide bonds. The summed E-state index contributed by atoms with van der Waals surface area (Å²) in [6.45, 7) is 0. The van der Waals surface area contributed by atoms with E-state index in [0.29, 0.717) is 22.5 Å².